The minimum absolute atomic E-state index is 0.845. The third-order valence-electron chi connectivity index (χ3n) is 2.67. The molecular weight excluding hydrogens is 220 g/mol. The third-order valence-corrected chi connectivity index (χ3v) is 3.93. The molecule has 0 radical (unpaired) electrons. The van der Waals surface area contributed by atoms with Crippen molar-refractivity contribution in [3.8, 4) is 0 Å². The summed E-state index contributed by atoms with van der Waals surface area (Å²) in [6.45, 7) is 5.86. The summed E-state index contributed by atoms with van der Waals surface area (Å²) in [5, 5.41) is 3.18. The van der Waals surface area contributed by atoms with Crippen molar-refractivity contribution in [2.75, 3.05) is 38.7 Å². The SMILES string of the molecule is CNc1ccc(C)c(SN2CCOCC2)c1. The van der Waals surface area contributed by atoms with E-state index in [1.165, 1.54) is 16.1 Å². The van der Waals surface area contributed by atoms with Crippen LogP contribution in [0.2, 0.25) is 0 Å². The van der Waals surface area contributed by atoms with Crippen molar-refractivity contribution in [2.45, 2.75) is 11.8 Å². The molecule has 1 heterocycles. The predicted octanol–water partition coefficient (Wildman–Crippen LogP) is 2.38. The number of rotatable bonds is 3. The molecule has 1 N–H and O–H groups in total. The number of benzene rings is 1. The van der Waals surface area contributed by atoms with E-state index in [4.69, 9.17) is 4.74 Å². The fourth-order valence-electron chi connectivity index (χ4n) is 1.63. The fraction of sp³-hybridized carbons (Fsp3) is 0.500. The van der Waals surface area contributed by atoms with E-state index in [0.29, 0.717) is 0 Å². The zero-order valence-electron chi connectivity index (χ0n) is 9.82. The number of morpholine rings is 1. The van der Waals surface area contributed by atoms with E-state index < -0.39 is 0 Å². The van der Waals surface area contributed by atoms with Crippen molar-refractivity contribution >= 4 is 17.6 Å². The smallest absolute Gasteiger partial charge is 0.0603 e. The second kappa shape index (κ2) is 5.57. The lowest BCUT2D eigenvalue weighted by Gasteiger charge is -2.26. The molecular formula is C12H18N2OS. The molecule has 1 aliphatic rings. The molecule has 88 valence electrons. The van der Waals surface area contributed by atoms with Gasteiger partial charge in [0.2, 0.25) is 0 Å². The average Bonchev–Trinajstić information content (AvgIpc) is 2.33. The first-order valence-corrected chi connectivity index (χ1v) is 6.36. The highest BCUT2D eigenvalue weighted by atomic mass is 32.2. The van der Waals surface area contributed by atoms with Crippen molar-refractivity contribution in [2.24, 2.45) is 0 Å². The molecule has 0 aromatic heterocycles. The second-order valence-electron chi connectivity index (χ2n) is 3.86. The van der Waals surface area contributed by atoms with E-state index in [2.05, 4.69) is 34.7 Å². The maximum absolute atomic E-state index is 5.35. The summed E-state index contributed by atoms with van der Waals surface area (Å²) < 4.78 is 7.71. The highest BCUT2D eigenvalue weighted by Crippen LogP contribution is 2.28. The summed E-state index contributed by atoms with van der Waals surface area (Å²) >= 11 is 1.83. The van der Waals surface area contributed by atoms with Gasteiger partial charge in [-0.25, -0.2) is 4.31 Å². The van der Waals surface area contributed by atoms with Gasteiger partial charge < -0.3 is 10.1 Å². The fourth-order valence-corrected chi connectivity index (χ4v) is 2.63. The largest absolute Gasteiger partial charge is 0.388 e. The summed E-state index contributed by atoms with van der Waals surface area (Å²) in [5.41, 5.74) is 2.50. The van der Waals surface area contributed by atoms with Gasteiger partial charge in [-0.1, -0.05) is 6.07 Å². The molecule has 0 bridgehead atoms. The Morgan fingerprint density at radius 2 is 2.06 bits per heavy atom. The summed E-state index contributed by atoms with van der Waals surface area (Å²) in [6.07, 6.45) is 0. The van der Waals surface area contributed by atoms with Crippen molar-refractivity contribution in [3.63, 3.8) is 0 Å². The maximum Gasteiger partial charge on any atom is 0.0603 e. The van der Waals surface area contributed by atoms with Crippen LogP contribution in [-0.2, 0) is 4.74 Å². The van der Waals surface area contributed by atoms with E-state index >= 15 is 0 Å². The van der Waals surface area contributed by atoms with Crippen LogP contribution in [0.1, 0.15) is 5.56 Å². The van der Waals surface area contributed by atoms with Crippen LogP contribution in [-0.4, -0.2) is 37.7 Å². The molecule has 0 unspecified atom stereocenters. The molecule has 16 heavy (non-hydrogen) atoms. The van der Waals surface area contributed by atoms with E-state index in [1.54, 1.807) is 0 Å². The molecule has 0 saturated carbocycles. The summed E-state index contributed by atoms with van der Waals surface area (Å²) in [5.74, 6) is 0. The van der Waals surface area contributed by atoms with E-state index in [1.807, 2.05) is 19.0 Å². The quantitative estimate of drug-likeness (QED) is 0.817. The molecule has 4 heteroatoms. The molecule has 1 aliphatic heterocycles. The van der Waals surface area contributed by atoms with Crippen LogP contribution in [0.3, 0.4) is 0 Å². The Labute approximate surface area is 101 Å². The Morgan fingerprint density at radius 1 is 1.31 bits per heavy atom. The van der Waals surface area contributed by atoms with Crippen molar-refractivity contribution in [1.82, 2.24) is 4.31 Å². The Hall–Kier alpha value is -0.710. The lowest BCUT2D eigenvalue weighted by molar-refractivity contribution is 0.0773. The number of anilines is 1. The average molecular weight is 238 g/mol. The molecule has 1 aromatic carbocycles. The lowest BCUT2D eigenvalue weighted by atomic mass is 10.2. The van der Waals surface area contributed by atoms with Crippen LogP contribution in [0, 0.1) is 6.92 Å². The molecule has 0 atom stereocenters. The topological polar surface area (TPSA) is 24.5 Å². The van der Waals surface area contributed by atoms with Gasteiger partial charge in [-0.15, -0.1) is 0 Å². The molecule has 1 aromatic rings. The minimum atomic E-state index is 0.845. The van der Waals surface area contributed by atoms with Crippen LogP contribution in [0.5, 0.6) is 0 Å². The first-order chi connectivity index (χ1) is 7.79. The van der Waals surface area contributed by atoms with Gasteiger partial charge in [0, 0.05) is 30.7 Å². The van der Waals surface area contributed by atoms with Gasteiger partial charge in [0.1, 0.15) is 0 Å². The van der Waals surface area contributed by atoms with Crippen molar-refractivity contribution in [1.29, 1.82) is 0 Å². The van der Waals surface area contributed by atoms with Gasteiger partial charge in [-0.05, 0) is 36.6 Å². The lowest BCUT2D eigenvalue weighted by Crippen LogP contribution is -2.30. The molecule has 0 spiro atoms. The number of nitrogens with zero attached hydrogens (tertiary/aromatic N) is 1. The molecule has 1 saturated heterocycles. The third kappa shape index (κ3) is 2.90. The number of hydrogen-bond donors (Lipinski definition) is 1. The predicted molar refractivity (Wildman–Crippen MR) is 69.0 cm³/mol. The summed E-state index contributed by atoms with van der Waals surface area (Å²) in [4.78, 5) is 1.33. The number of aryl methyl sites for hydroxylation is 1. The normalized spacial score (nSPS) is 17.4. The second-order valence-corrected chi connectivity index (χ2v) is 5.00. The first kappa shape index (κ1) is 11.8. The van der Waals surface area contributed by atoms with Crippen LogP contribution < -0.4 is 5.32 Å². The van der Waals surface area contributed by atoms with E-state index in [-0.39, 0.29) is 0 Å². The van der Waals surface area contributed by atoms with Crippen LogP contribution in [0.15, 0.2) is 23.1 Å². The molecule has 0 aliphatic carbocycles. The highest BCUT2D eigenvalue weighted by Gasteiger charge is 2.12. The van der Waals surface area contributed by atoms with Crippen LogP contribution in [0.4, 0.5) is 5.69 Å². The zero-order valence-corrected chi connectivity index (χ0v) is 10.6. The van der Waals surface area contributed by atoms with Gasteiger partial charge in [-0.2, -0.15) is 0 Å². The Morgan fingerprint density at radius 3 is 2.75 bits per heavy atom. The van der Waals surface area contributed by atoms with Gasteiger partial charge in [0.25, 0.3) is 0 Å². The Bertz CT molecular complexity index is 351. The van der Waals surface area contributed by atoms with Crippen molar-refractivity contribution < 1.29 is 4.74 Å². The summed E-state index contributed by atoms with van der Waals surface area (Å²) in [6, 6.07) is 6.47. The van der Waals surface area contributed by atoms with Gasteiger partial charge in [0.15, 0.2) is 0 Å². The molecule has 1 fully saturated rings. The van der Waals surface area contributed by atoms with Crippen molar-refractivity contribution in [3.05, 3.63) is 23.8 Å². The number of nitrogens with one attached hydrogen (secondary N) is 1. The van der Waals surface area contributed by atoms with E-state index in [9.17, 15) is 0 Å². The first-order valence-electron chi connectivity index (χ1n) is 5.58. The monoisotopic (exact) mass is 238 g/mol. The molecule has 3 nitrogen and oxygen atoms in total. The Balaban J connectivity index is 2.06. The molecule has 0 amide bonds. The van der Waals surface area contributed by atoms with Gasteiger partial charge >= 0.3 is 0 Å². The van der Waals surface area contributed by atoms with E-state index in [0.717, 1.165) is 26.3 Å². The van der Waals surface area contributed by atoms with Gasteiger partial charge in [0.05, 0.1) is 13.2 Å². The standard InChI is InChI=1S/C12H18N2OS/c1-10-3-4-11(13-2)9-12(10)16-14-5-7-15-8-6-14/h3-4,9,13H,5-8H2,1-2H3. The molecule has 2 rings (SSSR count). The maximum atomic E-state index is 5.35. The van der Waals surface area contributed by atoms with Crippen LogP contribution in [0.25, 0.3) is 0 Å². The highest BCUT2D eigenvalue weighted by molar-refractivity contribution is 7.97. The zero-order chi connectivity index (χ0) is 11.4. The van der Waals surface area contributed by atoms with Gasteiger partial charge in [-0.3, -0.25) is 0 Å². The Kier molecular flexibility index (Phi) is 4.09. The number of hydrogen-bond acceptors (Lipinski definition) is 4. The van der Waals surface area contributed by atoms with Crippen LogP contribution >= 0.6 is 11.9 Å². The number of ether oxygens (including phenoxy) is 1. The minimum Gasteiger partial charge on any atom is -0.388 e. The summed E-state index contributed by atoms with van der Waals surface area (Å²) in [7, 11) is 1.95.